The van der Waals surface area contributed by atoms with Crippen molar-refractivity contribution in [3.63, 3.8) is 0 Å². The van der Waals surface area contributed by atoms with Gasteiger partial charge in [-0.05, 0) is 24.3 Å². The van der Waals surface area contributed by atoms with Gasteiger partial charge in [0, 0.05) is 25.8 Å². The average Bonchev–Trinajstić information content (AvgIpc) is 2.57. The van der Waals surface area contributed by atoms with Crippen molar-refractivity contribution in [2.45, 2.75) is 4.90 Å². The van der Waals surface area contributed by atoms with Crippen molar-refractivity contribution >= 4 is 21.4 Å². The smallest absolute Gasteiger partial charge is 0.244 e. The second-order valence-electron chi connectivity index (χ2n) is 4.78. The number of sulfonamides is 1. The van der Waals surface area contributed by atoms with Gasteiger partial charge in [0.15, 0.2) is 0 Å². The summed E-state index contributed by atoms with van der Waals surface area (Å²) in [5, 5.41) is 0. The maximum Gasteiger partial charge on any atom is 0.244 e. The third-order valence-electron chi connectivity index (χ3n) is 3.55. The van der Waals surface area contributed by atoms with Gasteiger partial charge in [-0.1, -0.05) is 30.3 Å². The lowest BCUT2D eigenvalue weighted by atomic mass is 10.2. The third kappa shape index (κ3) is 2.09. The molecule has 3 rings (SSSR count). The van der Waals surface area contributed by atoms with E-state index < -0.39 is 10.0 Å². The van der Waals surface area contributed by atoms with E-state index in [0.29, 0.717) is 18.0 Å². The van der Waals surface area contributed by atoms with E-state index in [2.05, 4.69) is 4.90 Å². The molecule has 104 valence electrons. The highest BCUT2D eigenvalue weighted by atomic mass is 32.2. The number of anilines is 2. The Labute approximate surface area is 119 Å². The molecule has 0 atom stereocenters. The summed E-state index contributed by atoms with van der Waals surface area (Å²) in [5.74, 6) is 0. The van der Waals surface area contributed by atoms with E-state index in [0.717, 1.165) is 11.4 Å². The number of nitrogens with zero attached hydrogens (tertiary/aromatic N) is 2. The molecule has 2 aromatic rings. The van der Waals surface area contributed by atoms with Crippen LogP contribution in [-0.4, -0.2) is 32.9 Å². The van der Waals surface area contributed by atoms with Gasteiger partial charge in [0.1, 0.15) is 4.90 Å². The minimum Gasteiger partial charge on any atom is -0.339 e. The number of benzene rings is 2. The third-order valence-corrected chi connectivity index (χ3v) is 5.45. The minimum atomic E-state index is -3.41. The van der Waals surface area contributed by atoms with Gasteiger partial charge < -0.3 is 4.90 Å². The van der Waals surface area contributed by atoms with Crippen LogP contribution >= 0.6 is 0 Å². The Balaban J connectivity index is 2.20. The van der Waals surface area contributed by atoms with E-state index in [4.69, 9.17) is 0 Å². The van der Waals surface area contributed by atoms with Crippen molar-refractivity contribution in [1.82, 2.24) is 4.31 Å². The molecule has 0 fully saturated rings. The summed E-state index contributed by atoms with van der Waals surface area (Å²) in [7, 11) is -1.78. The average molecular weight is 288 g/mol. The molecule has 2 aromatic carbocycles. The summed E-state index contributed by atoms with van der Waals surface area (Å²) in [6.07, 6.45) is 0. The number of rotatable bonds is 1. The Morgan fingerprint density at radius 3 is 2.30 bits per heavy atom. The lowest BCUT2D eigenvalue weighted by Gasteiger charge is -2.23. The molecule has 1 aliphatic heterocycles. The zero-order chi connectivity index (χ0) is 14.2. The molecule has 20 heavy (non-hydrogen) atoms. The topological polar surface area (TPSA) is 40.6 Å². The fourth-order valence-corrected chi connectivity index (χ4v) is 3.77. The minimum absolute atomic E-state index is 0.365. The first-order valence-electron chi connectivity index (χ1n) is 6.48. The molecule has 5 heteroatoms. The van der Waals surface area contributed by atoms with Crippen LogP contribution in [0.5, 0.6) is 0 Å². The maximum atomic E-state index is 12.5. The van der Waals surface area contributed by atoms with E-state index in [9.17, 15) is 8.42 Å². The number of para-hydroxylation sites is 2. The Morgan fingerprint density at radius 2 is 1.55 bits per heavy atom. The lowest BCUT2D eigenvalue weighted by Crippen LogP contribution is -2.30. The maximum absolute atomic E-state index is 12.5. The predicted octanol–water partition coefficient (Wildman–Crippen LogP) is 2.46. The van der Waals surface area contributed by atoms with Gasteiger partial charge in [-0.2, -0.15) is 4.31 Å². The highest BCUT2D eigenvalue weighted by molar-refractivity contribution is 7.89. The first-order valence-corrected chi connectivity index (χ1v) is 7.93. The van der Waals surface area contributed by atoms with Crippen molar-refractivity contribution in [3.8, 4) is 0 Å². The van der Waals surface area contributed by atoms with Gasteiger partial charge >= 0.3 is 0 Å². The molecular formula is C15H16N2O2S. The molecule has 0 saturated carbocycles. The molecule has 0 spiro atoms. The molecule has 0 aromatic heterocycles. The first-order chi connectivity index (χ1) is 9.60. The molecule has 0 amide bonds. The van der Waals surface area contributed by atoms with Gasteiger partial charge in [-0.3, -0.25) is 0 Å². The summed E-state index contributed by atoms with van der Waals surface area (Å²) in [5.41, 5.74) is 1.74. The predicted molar refractivity (Wildman–Crippen MR) is 79.7 cm³/mol. The van der Waals surface area contributed by atoms with Gasteiger partial charge in [0.05, 0.1) is 5.69 Å². The molecule has 1 heterocycles. The van der Waals surface area contributed by atoms with Crippen LogP contribution in [0.3, 0.4) is 0 Å². The lowest BCUT2D eigenvalue weighted by molar-refractivity contribution is 0.482. The molecule has 0 aliphatic carbocycles. The summed E-state index contributed by atoms with van der Waals surface area (Å²) in [4.78, 5) is 2.42. The summed E-state index contributed by atoms with van der Waals surface area (Å²) >= 11 is 0. The van der Waals surface area contributed by atoms with E-state index >= 15 is 0 Å². The Morgan fingerprint density at radius 1 is 0.900 bits per heavy atom. The molecule has 0 bridgehead atoms. The molecule has 0 radical (unpaired) electrons. The van der Waals surface area contributed by atoms with Gasteiger partial charge in [-0.25, -0.2) is 8.42 Å². The van der Waals surface area contributed by atoms with Crippen LogP contribution in [0.15, 0.2) is 59.5 Å². The van der Waals surface area contributed by atoms with Crippen LogP contribution < -0.4 is 4.90 Å². The van der Waals surface area contributed by atoms with Crippen LogP contribution in [0.25, 0.3) is 0 Å². The van der Waals surface area contributed by atoms with E-state index in [-0.39, 0.29) is 0 Å². The number of likely N-dealkylation sites (N-methyl/N-ethyl adjacent to an activating group) is 1. The standard InChI is InChI=1S/C15H16N2O2S/c1-16-11-12-17(13-7-3-2-4-8-13)14-9-5-6-10-15(14)20(16,18)19/h2-10H,11-12H2,1H3. The number of hydrogen-bond donors (Lipinski definition) is 0. The Hall–Kier alpha value is -1.85. The van der Waals surface area contributed by atoms with Crippen LogP contribution in [0.4, 0.5) is 11.4 Å². The molecular weight excluding hydrogens is 272 g/mol. The van der Waals surface area contributed by atoms with Crippen LogP contribution in [-0.2, 0) is 10.0 Å². The number of fused-ring (bicyclic) bond motifs is 1. The Kier molecular flexibility index (Phi) is 3.23. The van der Waals surface area contributed by atoms with E-state index in [1.165, 1.54) is 4.31 Å². The number of hydrogen-bond acceptors (Lipinski definition) is 3. The largest absolute Gasteiger partial charge is 0.339 e. The van der Waals surface area contributed by atoms with E-state index in [1.54, 1.807) is 19.2 Å². The Bertz CT molecular complexity index is 714. The summed E-state index contributed by atoms with van der Waals surface area (Å²) in [6, 6.07) is 17.0. The van der Waals surface area contributed by atoms with Gasteiger partial charge in [0.25, 0.3) is 0 Å². The van der Waals surface area contributed by atoms with Crippen molar-refractivity contribution in [2.24, 2.45) is 0 Å². The fraction of sp³-hybridized carbons (Fsp3) is 0.200. The zero-order valence-corrected chi connectivity index (χ0v) is 12.0. The first kappa shape index (κ1) is 13.1. The SMILES string of the molecule is CN1CCN(c2ccccc2)c2ccccc2S1(=O)=O. The van der Waals surface area contributed by atoms with Crippen molar-refractivity contribution in [3.05, 3.63) is 54.6 Å². The van der Waals surface area contributed by atoms with Crippen molar-refractivity contribution in [1.29, 1.82) is 0 Å². The molecule has 4 nitrogen and oxygen atoms in total. The monoisotopic (exact) mass is 288 g/mol. The summed E-state index contributed by atoms with van der Waals surface area (Å²) < 4.78 is 26.4. The van der Waals surface area contributed by atoms with Crippen molar-refractivity contribution < 1.29 is 8.42 Å². The van der Waals surface area contributed by atoms with Crippen LogP contribution in [0, 0.1) is 0 Å². The molecule has 0 saturated heterocycles. The van der Waals surface area contributed by atoms with Crippen LogP contribution in [0.1, 0.15) is 0 Å². The molecule has 0 unspecified atom stereocenters. The van der Waals surface area contributed by atoms with Crippen molar-refractivity contribution in [2.75, 3.05) is 25.0 Å². The fourth-order valence-electron chi connectivity index (χ4n) is 2.42. The highest BCUT2D eigenvalue weighted by Gasteiger charge is 2.30. The zero-order valence-electron chi connectivity index (χ0n) is 11.2. The normalized spacial score (nSPS) is 18.4. The second kappa shape index (κ2) is 4.92. The van der Waals surface area contributed by atoms with Crippen LogP contribution in [0.2, 0.25) is 0 Å². The molecule has 1 aliphatic rings. The van der Waals surface area contributed by atoms with E-state index in [1.807, 2.05) is 42.5 Å². The van der Waals surface area contributed by atoms with Gasteiger partial charge in [-0.15, -0.1) is 0 Å². The quantitative estimate of drug-likeness (QED) is 0.809. The summed E-state index contributed by atoms with van der Waals surface area (Å²) in [6.45, 7) is 1.10. The van der Waals surface area contributed by atoms with Gasteiger partial charge in [0.2, 0.25) is 10.0 Å². The highest BCUT2D eigenvalue weighted by Crippen LogP contribution is 2.34. The molecule has 0 N–H and O–H groups in total. The second-order valence-corrected chi connectivity index (χ2v) is 6.79.